The van der Waals surface area contributed by atoms with Crippen LogP contribution in [-0.2, 0) is 16.0 Å². The Morgan fingerprint density at radius 1 is 1.04 bits per heavy atom. The van der Waals surface area contributed by atoms with Gasteiger partial charge in [0.2, 0.25) is 0 Å². The average molecular weight is 381 g/mol. The monoisotopic (exact) mass is 381 g/mol. The number of pyridine rings is 1. The third-order valence-corrected chi connectivity index (χ3v) is 4.89. The van der Waals surface area contributed by atoms with E-state index in [1.165, 1.54) is 22.5 Å². The number of hydrogen-bond acceptors (Lipinski definition) is 5. The van der Waals surface area contributed by atoms with Gasteiger partial charge in [0.15, 0.2) is 0 Å². The van der Waals surface area contributed by atoms with Crippen LogP contribution in [-0.4, -0.2) is 58.7 Å². The summed E-state index contributed by atoms with van der Waals surface area (Å²) in [5.41, 5.74) is 4.27. The van der Waals surface area contributed by atoms with E-state index < -0.39 is 11.9 Å². The molecule has 1 aromatic heterocycles. The lowest BCUT2D eigenvalue weighted by atomic mass is 9.96. The molecule has 7 heteroatoms. The van der Waals surface area contributed by atoms with Crippen molar-refractivity contribution in [3.63, 3.8) is 0 Å². The van der Waals surface area contributed by atoms with Gasteiger partial charge in [0.25, 0.3) is 0 Å². The van der Waals surface area contributed by atoms with E-state index in [1.807, 2.05) is 6.20 Å². The summed E-state index contributed by atoms with van der Waals surface area (Å²) in [7, 11) is 2.21. The summed E-state index contributed by atoms with van der Waals surface area (Å²) < 4.78 is 0. The van der Waals surface area contributed by atoms with Gasteiger partial charge < -0.3 is 20.0 Å². The minimum atomic E-state index is -1.26. The fourth-order valence-electron chi connectivity index (χ4n) is 3.63. The number of rotatable bonds is 2. The highest BCUT2D eigenvalue weighted by atomic mass is 16.4. The Hall–Kier alpha value is -3.19. The summed E-state index contributed by atoms with van der Waals surface area (Å²) in [6.45, 7) is 3.24. The Balaban J connectivity index is 0.000000242. The molecule has 7 nitrogen and oxygen atoms in total. The van der Waals surface area contributed by atoms with Crippen molar-refractivity contribution in [2.45, 2.75) is 12.5 Å². The van der Waals surface area contributed by atoms with Gasteiger partial charge in [-0.1, -0.05) is 30.3 Å². The first-order chi connectivity index (χ1) is 13.5. The van der Waals surface area contributed by atoms with Crippen molar-refractivity contribution in [1.82, 2.24) is 9.88 Å². The van der Waals surface area contributed by atoms with Crippen LogP contribution in [0.25, 0.3) is 0 Å². The van der Waals surface area contributed by atoms with E-state index in [0.29, 0.717) is 18.2 Å². The highest BCUT2D eigenvalue weighted by molar-refractivity contribution is 5.89. The van der Waals surface area contributed by atoms with Crippen molar-refractivity contribution in [2.75, 3.05) is 31.6 Å². The second-order valence-corrected chi connectivity index (χ2v) is 6.84. The molecule has 2 N–H and O–H groups in total. The number of aromatic nitrogens is 1. The minimum absolute atomic E-state index is 0.432. The summed E-state index contributed by atoms with van der Waals surface area (Å²) in [6, 6.07) is 13.6. The Morgan fingerprint density at radius 2 is 1.71 bits per heavy atom. The van der Waals surface area contributed by atoms with Crippen LogP contribution < -0.4 is 4.90 Å². The second kappa shape index (κ2) is 8.67. The number of likely N-dealkylation sites (N-methyl/N-ethyl adjacent to an activating group) is 1. The van der Waals surface area contributed by atoms with Crippen molar-refractivity contribution < 1.29 is 19.8 Å². The van der Waals surface area contributed by atoms with Crippen LogP contribution in [0.15, 0.2) is 54.7 Å². The Kier molecular flexibility index (Phi) is 6.06. The van der Waals surface area contributed by atoms with Gasteiger partial charge in [0.05, 0.1) is 6.04 Å². The molecule has 0 aliphatic carbocycles. The summed E-state index contributed by atoms with van der Waals surface area (Å²) >= 11 is 0. The van der Waals surface area contributed by atoms with Gasteiger partial charge in [-0.05, 0) is 29.8 Å². The van der Waals surface area contributed by atoms with Gasteiger partial charge in [-0.3, -0.25) is 0 Å². The molecule has 1 fully saturated rings. The number of piperazine rings is 1. The molecule has 0 unspecified atom stereocenters. The third kappa shape index (κ3) is 4.55. The van der Waals surface area contributed by atoms with E-state index in [9.17, 15) is 9.59 Å². The summed E-state index contributed by atoms with van der Waals surface area (Å²) in [5, 5.41) is 15.6. The Labute approximate surface area is 163 Å². The van der Waals surface area contributed by atoms with Crippen LogP contribution in [0.1, 0.15) is 22.7 Å². The smallest absolute Gasteiger partial charge is 0.328 e. The van der Waals surface area contributed by atoms with Crippen molar-refractivity contribution in [1.29, 1.82) is 0 Å². The SMILES string of the molecule is CN1CCN2c3ncccc3Cc3ccccc3[C@H]2C1.O=C(O)C=CC(=O)O. The molecule has 2 aliphatic heterocycles. The molecule has 3 heterocycles. The molecule has 0 spiro atoms. The Bertz CT molecular complexity index is 881. The highest BCUT2D eigenvalue weighted by Gasteiger charge is 2.32. The average Bonchev–Trinajstić information content (AvgIpc) is 2.81. The summed E-state index contributed by atoms with van der Waals surface area (Å²) in [5.74, 6) is -1.33. The molecule has 0 saturated carbocycles. The number of benzene rings is 1. The van der Waals surface area contributed by atoms with Crippen molar-refractivity contribution in [2.24, 2.45) is 0 Å². The lowest BCUT2D eigenvalue weighted by Gasteiger charge is -2.41. The lowest BCUT2D eigenvalue weighted by Crippen LogP contribution is -2.47. The molecule has 2 aliphatic rings. The Morgan fingerprint density at radius 3 is 2.43 bits per heavy atom. The molecule has 0 bridgehead atoms. The number of carbonyl (C=O) groups is 2. The molecule has 0 radical (unpaired) electrons. The first-order valence-electron chi connectivity index (χ1n) is 9.06. The third-order valence-electron chi connectivity index (χ3n) is 4.89. The van der Waals surface area contributed by atoms with Gasteiger partial charge in [-0.2, -0.15) is 0 Å². The molecule has 1 aromatic carbocycles. The molecule has 1 saturated heterocycles. The largest absolute Gasteiger partial charge is 0.478 e. The van der Waals surface area contributed by atoms with Crippen LogP contribution >= 0.6 is 0 Å². The quantitative estimate of drug-likeness (QED) is 0.770. The van der Waals surface area contributed by atoms with Gasteiger partial charge >= 0.3 is 11.9 Å². The lowest BCUT2D eigenvalue weighted by molar-refractivity contribution is -0.134. The number of anilines is 1. The summed E-state index contributed by atoms with van der Waals surface area (Å²) in [6.07, 6.45) is 4.03. The van der Waals surface area contributed by atoms with Crippen molar-refractivity contribution in [3.8, 4) is 0 Å². The van der Waals surface area contributed by atoms with Gasteiger partial charge in [-0.15, -0.1) is 0 Å². The molecule has 146 valence electrons. The van der Waals surface area contributed by atoms with E-state index in [2.05, 4.69) is 58.2 Å². The molecule has 4 rings (SSSR count). The van der Waals surface area contributed by atoms with Crippen LogP contribution in [0.3, 0.4) is 0 Å². The highest BCUT2D eigenvalue weighted by Crippen LogP contribution is 2.37. The zero-order valence-corrected chi connectivity index (χ0v) is 15.7. The molecular formula is C21H23N3O4. The summed E-state index contributed by atoms with van der Waals surface area (Å²) in [4.78, 5) is 28.7. The number of hydrogen-bond donors (Lipinski definition) is 2. The predicted molar refractivity (Wildman–Crippen MR) is 105 cm³/mol. The van der Waals surface area contributed by atoms with Crippen molar-refractivity contribution in [3.05, 3.63) is 71.4 Å². The van der Waals surface area contributed by atoms with E-state index in [4.69, 9.17) is 10.2 Å². The fraction of sp³-hybridized carbons (Fsp3) is 0.286. The number of fused-ring (bicyclic) bond motifs is 5. The van der Waals surface area contributed by atoms with Crippen molar-refractivity contribution >= 4 is 17.8 Å². The predicted octanol–water partition coefficient (Wildman–Crippen LogP) is 2.19. The molecular weight excluding hydrogens is 358 g/mol. The van der Waals surface area contributed by atoms with Crippen LogP contribution in [0.4, 0.5) is 5.82 Å². The van der Waals surface area contributed by atoms with E-state index >= 15 is 0 Å². The molecule has 1 atom stereocenters. The van der Waals surface area contributed by atoms with E-state index in [0.717, 1.165) is 26.1 Å². The number of aliphatic carboxylic acids is 2. The van der Waals surface area contributed by atoms with Crippen LogP contribution in [0.2, 0.25) is 0 Å². The molecule has 0 amide bonds. The zero-order valence-electron chi connectivity index (χ0n) is 15.7. The fourth-order valence-corrected chi connectivity index (χ4v) is 3.63. The van der Waals surface area contributed by atoms with Gasteiger partial charge in [-0.25, -0.2) is 14.6 Å². The minimum Gasteiger partial charge on any atom is -0.478 e. The first kappa shape index (κ1) is 19.6. The maximum Gasteiger partial charge on any atom is 0.328 e. The zero-order chi connectivity index (χ0) is 20.1. The number of carboxylic acid groups (broad SMARTS) is 2. The standard InChI is InChI=1S/C17H19N3.C4H4O4/c1-19-9-10-20-16(12-19)15-7-3-2-5-13(15)11-14-6-4-8-18-17(14)20;5-3(6)1-2-4(7)8/h2-8,16H,9-12H2,1H3;1-2H,(H,5,6)(H,7,8)/t16-;/m1./s1. The molecule has 28 heavy (non-hydrogen) atoms. The van der Waals surface area contributed by atoms with Gasteiger partial charge in [0.1, 0.15) is 5.82 Å². The van der Waals surface area contributed by atoms with Crippen LogP contribution in [0.5, 0.6) is 0 Å². The van der Waals surface area contributed by atoms with E-state index in [1.54, 1.807) is 0 Å². The first-order valence-corrected chi connectivity index (χ1v) is 9.06. The normalized spacial score (nSPS) is 18.2. The van der Waals surface area contributed by atoms with E-state index in [-0.39, 0.29) is 0 Å². The second-order valence-electron chi connectivity index (χ2n) is 6.84. The number of carboxylic acids is 2. The van der Waals surface area contributed by atoms with Gasteiger partial charge in [0, 0.05) is 44.4 Å². The maximum atomic E-state index is 9.55. The topological polar surface area (TPSA) is 94.0 Å². The van der Waals surface area contributed by atoms with Crippen LogP contribution in [0, 0.1) is 0 Å². The maximum absolute atomic E-state index is 9.55. The molecule has 2 aromatic rings. The number of nitrogens with zero attached hydrogens (tertiary/aromatic N) is 3.